The van der Waals surface area contributed by atoms with E-state index in [9.17, 15) is 4.39 Å². The average Bonchev–Trinajstić information content (AvgIpc) is 2.59. The summed E-state index contributed by atoms with van der Waals surface area (Å²) in [6.45, 7) is 3.20. The second kappa shape index (κ2) is 10.7. The maximum Gasteiger partial charge on any atom is 0.191 e. The van der Waals surface area contributed by atoms with Gasteiger partial charge in [-0.3, -0.25) is 4.99 Å². The van der Waals surface area contributed by atoms with Crippen molar-refractivity contribution in [2.75, 3.05) is 13.6 Å². The number of hydrogen-bond acceptors (Lipinski definition) is 2. The molecule has 0 aromatic heterocycles. The number of nitrogens with one attached hydrogen (secondary N) is 2. The third-order valence-corrected chi connectivity index (χ3v) is 3.73. The van der Waals surface area contributed by atoms with Gasteiger partial charge in [-0.15, -0.1) is 24.0 Å². The molecule has 2 rings (SSSR count). The molecule has 0 radical (unpaired) electrons. The van der Waals surface area contributed by atoms with Crippen molar-refractivity contribution in [1.82, 2.24) is 10.6 Å². The van der Waals surface area contributed by atoms with Crippen LogP contribution in [0.25, 0.3) is 0 Å². The minimum absolute atomic E-state index is 0. The van der Waals surface area contributed by atoms with Crippen LogP contribution in [0, 0.1) is 24.1 Å². The molecular weight excluding hydrogens is 430 g/mol. The number of aryl methyl sites for hydroxylation is 1. The molecule has 0 amide bonds. The van der Waals surface area contributed by atoms with Crippen molar-refractivity contribution in [3.63, 3.8) is 0 Å². The van der Waals surface area contributed by atoms with Crippen LogP contribution in [-0.4, -0.2) is 19.6 Å². The summed E-state index contributed by atoms with van der Waals surface area (Å²) in [4.78, 5) is 4.18. The predicted octanol–water partition coefficient (Wildman–Crippen LogP) is 3.53. The highest BCUT2D eigenvalue weighted by Gasteiger charge is 2.02. The zero-order valence-corrected chi connectivity index (χ0v) is 16.7. The smallest absolute Gasteiger partial charge is 0.191 e. The molecule has 2 aromatic carbocycles. The van der Waals surface area contributed by atoms with Crippen molar-refractivity contribution >= 4 is 29.9 Å². The highest BCUT2D eigenvalue weighted by Crippen LogP contribution is 2.10. The highest BCUT2D eigenvalue weighted by molar-refractivity contribution is 14.0. The Hall–Kier alpha value is -2.14. The van der Waals surface area contributed by atoms with Gasteiger partial charge >= 0.3 is 0 Å². The number of guanidine groups is 1. The van der Waals surface area contributed by atoms with Gasteiger partial charge in [0, 0.05) is 20.1 Å². The molecule has 0 atom stereocenters. The number of halogens is 2. The Balaban J connectivity index is 0.00000312. The molecule has 132 valence electrons. The van der Waals surface area contributed by atoms with Gasteiger partial charge in [0.05, 0.1) is 11.6 Å². The van der Waals surface area contributed by atoms with Crippen LogP contribution in [-0.2, 0) is 13.0 Å². The van der Waals surface area contributed by atoms with Crippen LogP contribution < -0.4 is 10.6 Å². The van der Waals surface area contributed by atoms with Crippen molar-refractivity contribution in [2.24, 2.45) is 4.99 Å². The van der Waals surface area contributed by atoms with Gasteiger partial charge in [-0.25, -0.2) is 4.39 Å². The maximum absolute atomic E-state index is 13.1. The van der Waals surface area contributed by atoms with Crippen LogP contribution in [0.15, 0.2) is 47.5 Å². The first-order valence-electron chi connectivity index (χ1n) is 7.81. The molecule has 0 aliphatic heterocycles. The largest absolute Gasteiger partial charge is 0.356 e. The van der Waals surface area contributed by atoms with Gasteiger partial charge in [0.15, 0.2) is 5.96 Å². The van der Waals surface area contributed by atoms with Crippen molar-refractivity contribution in [2.45, 2.75) is 19.9 Å². The molecule has 0 aliphatic carbocycles. The number of benzene rings is 2. The van der Waals surface area contributed by atoms with Gasteiger partial charge in [-0.1, -0.05) is 18.2 Å². The summed E-state index contributed by atoms with van der Waals surface area (Å²) in [5.41, 5.74) is 3.73. The van der Waals surface area contributed by atoms with Crippen molar-refractivity contribution in [3.8, 4) is 6.07 Å². The molecule has 2 aromatic rings. The van der Waals surface area contributed by atoms with E-state index in [0.29, 0.717) is 24.6 Å². The topological polar surface area (TPSA) is 60.2 Å². The molecule has 0 unspecified atom stereocenters. The van der Waals surface area contributed by atoms with Crippen molar-refractivity contribution < 1.29 is 4.39 Å². The normalized spacial score (nSPS) is 10.6. The predicted molar refractivity (Wildman–Crippen MR) is 110 cm³/mol. The van der Waals surface area contributed by atoms with Crippen LogP contribution in [0.1, 0.15) is 22.3 Å². The Labute approximate surface area is 165 Å². The van der Waals surface area contributed by atoms with E-state index in [4.69, 9.17) is 5.26 Å². The molecule has 0 bridgehead atoms. The number of aliphatic imine (C=N–C) groups is 1. The fourth-order valence-corrected chi connectivity index (χ4v) is 2.41. The van der Waals surface area contributed by atoms with Crippen molar-refractivity contribution in [1.29, 1.82) is 5.26 Å². The number of hydrogen-bond donors (Lipinski definition) is 2. The Morgan fingerprint density at radius 2 is 2.00 bits per heavy atom. The maximum atomic E-state index is 13.1. The fraction of sp³-hybridized carbons (Fsp3) is 0.263. The minimum Gasteiger partial charge on any atom is -0.356 e. The number of nitrogens with zero attached hydrogens (tertiary/aromatic N) is 2. The van der Waals surface area contributed by atoms with Gasteiger partial charge < -0.3 is 10.6 Å². The fourth-order valence-electron chi connectivity index (χ4n) is 2.41. The molecule has 6 heteroatoms. The second-order valence-corrected chi connectivity index (χ2v) is 5.49. The van der Waals surface area contributed by atoms with E-state index in [0.717, 1.165) is 23.1 Å². The van der Waals surface area contributed by atoms with E-state index in [-0.39, 0.29) is 29.8 Å². The van der Waals surface area contributed by atoms with Crippen LogP contribution in [0.2, 0.25) is 0 Å². The SMILES string of the molecule is CN=C(NCCc1ccc(F)cc1C)NCc1cccc(C#N)c1.I. The Kier molecular flexibility index (Phi) is 8.92. The summed E-state index contributed by atoms with van der Waals surface area (Å²) in [5.74, 6) is 0.485. The molecule has 4 nitrogen and oxygen atoms in total. The first kappa shape index (κ1) is 20.9. The number of rotatable bonds is 5. The summed E-state index contributed by atoms with van der Waals surface area (Å²) in [7, 11) is 1.71. The summed E-state index contributed by atoms with van der Waals surface area (Å²) < 4.78 is 13.1. The molecule has 0 heterocycles. The summed E-state index contributed by atoms with van der Waals surface area (Å²) >= 11 is 0. The van der Waals surface area contributed by atoms with Gasteiger partial charge in [0.1, 0.15) is 5.82 Å². The molecule has 0 saturated carbocycles. The zero-order chi connectivity index (χ0) is 17.4. The monoisotopic (exact) mass is 452 g/mol. The van der Waals surface area contributed by atoms with E-state index < -0.39 is 0 Å². The van der Waals surface area contributed by atoms with Crippen LogP contribution >= 0.6 is 24.0 Å². The number of nitriles is 1. The Morgan fingerprint density at radius 3 is 2.68 bits per heavy atom. The van der Waals surface area contributed by atoms with Gasteiger partial charge in [0.25, 0.3) is 0 Å². The van der Waals surface area contributed by atoms with E-state index in [1.165, 1.54) is 6.07 Å². The Morgan fingerprint density at radius 1 is 1.20 bits per heavy atom. The first-order chi connectivity index (χ1) is 11.6. The molecule has 2 N–H and O–H groups in total. The van der Waals surface area contributed by atoms with E-state index in [2.05, 4.69) is 21.7 Å². The quantitative estimate of drug-likeness (QED) is 0.415. The van der Waals surface area contributed by atoms with E-state index in [1.807, 2.05) is 31.2 Å². The van der Waals surface area contributed by atoms with E-state index in [1.54, 1.807) is 19.2 Å². The third kappa shape index (κ3) is 6.70. The molecule has 25 heavy (non-hydrogen) atoms. The van der Waals surface area contributed by atoms with Crippen LogP contribution in [0.3, 0.4) is 0 Å². The Bertz CT molecular complexity index is 768. The zero-order valence-electron chi connectivity index (χ0n) is 14.3. The molecule has 0 saturated heterocycles. The third-order valence-electron chi connectivity index (χ3n) is 3.73. The average molecular weight is 452 g/mol. The first-order valence-corrected chi connectivity index (χ1v) is 7.81. The minimum atomic E-state index is -0.207. The standard InChI is InChI=1S/C19H21FN4.HI/c1-14-10-18(20)7-6-17(14)8-9-23-19(22-2)24-13-16-5-3-4-15(11-16)12-21;/h3-7,10-11H,8-9,13H2,1-2H3,(H2,22,23,24);1H. The summed E-state index contributed by atoms with van der Waals surface area (Å²) in [6, 6.07) is 14.4. The van der Waals surface area contributed by atoms with Gasteiger partial charge in [0.2, 0.25) is 0 Å². The lowest BCUT2D eigenvalue weighted by molar-refractivity contribution is 0.625. The molecule has 0 fully saturated rings. The summed E-state index contributed by atoms with van der Waals surface area (Å²) in [5, 5.41) is 15.4. The molecular formula is C19H22FIN4. The lowest BCUT2D eigenvalue weighted by Crippen LogP contribution is -2.37. The van der Waals surface area contributed by atoms with Gasteiger partial charge in [-0.05, 0) is 54.3 Å². The second-order valence-electron chi connectivity index (χ2n) is 5.49. The van der Waals surface area contributed by atoms with Crippen LogP contribution in [0.4, 0.5) is 4.39 Å². The highest BCUT2D eigenvalue weighted by atomic mass is 127. The van der Waals surface area contributed by atoms with E-state index >= 15 is 0 Å². The lowest BCUT2D eigenvalue weighted by Gasteiger charge is -2.13. The molecule has 0 spiro atoms. The van der Waals surface area contributed by atoms with Crippen LogP contribution in [0.5, 0.6) is 0 Å². The van der Waals surface area contributed by atoms with Gasteiger partial charge in [-0.2, -0.15) is 5.26 Å². The summed E-state index contributed by atoms with van der Waals surface area (Å²) in [6.07, 6.45) is 0.788. The lowest BCUT2D eigenvalue weighted by atomic mass is 10.1. The molecule has 0 aliphatic rings. The van der Waals surface area contributed by atoms with Crippen molar-refractivity contribution in [3.05, 3.63) is 70.5 Å².